The Morgan fingerprint density at radius 2 is 2.09 bits per heavy atom. The molecular formula is C19H26N2O2. The van der Waals surface area contributed by atoms with Crippen molar-refractivity contribution in [2.45, 2.75) is 58.3 Å². The number of unbranched alkanes of at least 4 members (excludes halogenated alkanes) is 3. The number of ether oxygens (including phenoxy) is 1. The molecule has 0 saturated carbocycles. The van der Waals surface area contributed by atoms with E-state index in [4.69, 9.17) is 10.00 Å². The lowest BCUT2D eigenvalue weighted by Gasteiger charge is -2.08. The van der Waals surface area contributed by atoms with E-state index >= 15 is 0 Å². The average molecular weight is 314 g/mol. The van der Waals surface area contributed by atoms with E-state index in [1.165, 1.54) is 5.56 Å². The van der Waals surface area contributed by atoms with Crippen LogP contribution in [0.15, 0.2) is 36.2 Å². The largest absolute Gasteiger partial charge is 0.463 e. The van der Waals surface area contributed by atoms with Crippen LogP contribution in [0.2, 0.25) is 0 Å². The molecule has 0 atom stereocenters. The molecule has 23 heavy (non-hydrogen) atoms. The number of aromatic nitrogens is 1. The van der Waals surface area contributed by atoms with Crippen molar-refractivity contribution in [2.24, 2.45) is 0 Å². The third-order valence-electron chi connectivity index (χ3n) is 3.58. The first-order valence-corrected chi connectivity index (χ1v) is 8.38. The van der Waals surface area contributed by atoms with Gasteiger partial charge in [0.25, 0.3) is 0 Å². The summed E-state index contributed by atoms with van der Waals surface area (Å²) < 4.78 is 5.00. The molecule has 0 aliphatic rings. The van der Waals surface area contributed by atoms with Crippen molar-refractivity contribution in [3.63, 3.8) is 0 Å². The lowest BCUT2D eigenvalue weighted by molar-refractivity contribution is -0.137. The molecule has 4 nitrogen and oxygen atoms in total. The van der Waals surface area contributed by atoms with Gasteiger partial charge in [0.15, 0.2) is 0 Å². The topological polar surface area (TPSA) is 63.0 Å². The van der Waals surface area contributed by atoms with Gasteiger partial charge in [0, 0.05) is 24.9 Å². The second kappa shape index (κ2) is 12.4. The number of esters is 1. The van der Waals surface area contributed by atoms with Crippen LogP contribution < -0.4 is 0 Å². The quantitative estimate of drug-likeness (QED) is 0.346. The summed E-state index contributed by atoms with van der Waals surface area (Å²) in [5.41, 5.74) is 2.38. The van der Waals surface area contributed by atoms with E-state index in [1.807, 2.05) is 19.2 Å². The number of rotatable bonds is 11. The fraction of sp³-hybridized carbons (Fsp3) is 0.526. The highest BCUT2D eigenvalue weighted by atomic mass is 16.5. The van der Waals surface area contributed by atoms with Crippen LogP contribution in [0.4, 0.5) is 0 Å². The van der Waals surface area contributed by atoms with Gasteiger partial charge in [-0.1, -0.05) is 11.6 Å². The van der Waals surface area contributed by atoms with Crippen molar-refractivity contribution in [1.29, 1.82) is 5.26 Å². The van der Waals surface area contributed by atoms with E-state index < -0.39 is 0 Å². The van der Waals surface area contributed by atoms with Crippen molar-refractivity contribution in [1.82, 2.24) is 4.98 Å². The van der Waals surface area contributed by atoms with E-state index in [2.05, 4.69) is 17.1 Å². The lowest BCUT2D eigenvalue weighted by Crippen LogP contribution is -2.02. The molecule has 0 radical (unpaired) electrons. The molecule has 0 N–H and O–H groups in total. The summed E-state index contributed by atoms with van der Waals surface area (Å²) in [5, 5.41) is 8.58. The first-order valence-electron chi connectivity index (χ1n) is 8.38. The van der Waals surface area contributed by atoms with E-state index in [-0.39, 0.29) is 5.97 Å². The van der Waals surface area contributed by atoms with Gasteiger partial charge in [-0.05, 0) is 63.5 Å². The van der Waals surface area contributed by atoms with Crippen LogP contribution >= 0.6 is 0 Å². The minimum atomic E-state index is -0.255. The zero-order valence-corrected chi connectivity index (χ0v) is 14.0. The number of nitriles is 1. The summed E-state index contributed by atoms with van der Waals surface area (Å²) in [7, 11) is 0. The molecule has 0 aliphatic carbocycles. The first-order chi connectivity index (χ1) is 11.3. The van der Waals surface area contributed by atoms with Gasteiger partial charge < -0.3 is 4.74 Å². The van der Waals surface area contributed by atoms with E-state index in [9.17, 15) is 4.79 Å². The van der Waals surface area contributed by atoms with Crippen molar-refractivity contribution in [3.05, 3.63) is 41.7 Å². The number of hydrogen-bond acceptors (Lipinski definition) is 4. The summed E-state index contributed by atoms with van der Waals surface area (Å²) >= 11 is 0. The fourth-order valence-corrected chi connectivity index (χ4v) is 2.40. The molecule has 0 aromatic carbocycles. The summed E-state index contributed by atoms with van der Waals surface area (Å²) in [4.78, 5) is 15.8. The summed E-state index contributed by atoms with van der Waals surface area (Å²) in [6, 6.07) is 6.20. The number of pyridine rings is 1. The summed E-state index contributed by atoms with van der Waals surface area (Å²) in [6.45, 7) is 2.21. The van der Waals surface area contributed by atoms with Crippen LogP contribution in [-0.4, -0.2) is 17.6 Å². The third kappa shape index (κ3) is 9.46. The van der Waals surface area contributed by atoms with Gasteiger partial charge in [-0.15, -0.1) is 0 Å². The molecule has 1 rings (SSSR count). The maximum atomic E-state index is 11.6. The van der Waals surface area contributed by atoms with Gasteiger partial charge in [-0.25, -0.2) is 4.79 Å². The van der Waals surface area contributed by atoms with E-state index in [0.29, 0.717) is 13.0 Å². The van der Waals surface area contributed by atoms with Crippen LogP contribution in [0.1, 0.15) is 57.4 Å². The highest BCUT2D eigenvalue weighted by Gasteiger charge is 2.04. The second-order valence-corrected chi connectivity index (χ2v) is 5.49. The van der Waals surface area contributed by atoms with Gasteiger partial charge in [0.05, 0.1) is 12.7 Å². The molecule has 0 fully saturated rings. The summed E-state index contributed by atoms with van der Waals surface area (Å²) in [5.74, 6) is -0.255. The number of aryl methyl sites for hydroxylation is 1. The van der Waals surface area contributed by atoms with E-state index in [0.717, 1.165) is 50.5 Å². The van der Waals surface area contributed by atoms with Gasteiger partial charge in [0.2, 0.25) is 0 Å². The molecule has 1 aromatic heterocycles. The monoisotopic (exact) mass is 314 g/mol. The zero-order valence-electron chi connectivity index (χ0n) is 14.0. The Morgan fingerprint density at radius 1 is 1.30 bits per heavy atom. The van der Waals surface area contributed by atoms with Gasteiger partial charge >= 0.3 is 5.97 Å². The number of carbonyl (C=O) groups is 1. The molecule has 0 bridgehead atoms. The first kappa shape index (κ1) is 18.9. The number of nitrogens with zero attached hydrogens (tertiary/aromatic N) is 2. The van der Waals surface area contributed by atoms with E-state index in [1.54, 1.807) is 12.3 Å². The number of carbonyl (C=O) groups excluding carboxylic acids is 1. The number of hydrogen-bond donors (Lipinski definition) is 0. The van der Waals surface area contributed by atoms with Crippen LogP contribution in [0, 0.1) is 11.3 Å². The third-order valence-corrected chi connectivity index (χ3v) is 3.58. The Kier molecular flexibility index (Phi) is 10.2. The van der Waals surface area contributed by atoms with Gasteiger partial charge in [-0.3, -0.25) is 4.98 Å². The Balaban J connectivity index is 2.38. The standard InChI is InChI=1S/C19H26N2O2/c1-2-23-19(22)15-17(9-4-3-7-13-20)10-5-6-11-18-12-8-14-21-16-18/h8,12,14-16H,2-7,9-11H2,1H3. The van der Waals surface area contributed by atoms with Crippen LogP contribution in [0.3, 0.4) is 0 Å². The van der Waals surface area contributed by atoms with Gasteiger partial charge in [0.1, 0.15) is 0 Å². The maximum absolute atomic E-state index is 11.6. The minimum absolute atomic E-state index is 0.255. The molecular weight excluding hydrogens is 288 g/mol. The minimum Gasteiger partial charge on any atom is -0.463 e. The molecule has 0 unspecified atom stereocenters. The maximum Gasteiger partial charge on any atom is 0.330 e. The Labute approximate surface area is 139 Å². The van der Waals surface area contributed by atoms with Crippen molar-refractivity contribution in [3.8, 4) is 6.07 Å². The van der Waals surface area contributed by atoms with Crippen molar-refractivity contribution in [2.75, 3.05) is 6.61 Å². The molecule has 0 saturated heterocycles. The number of allylic oxidation sites excluding steroid dienone is 1. The van der Waals surface area contributed by atoms with Crippen molar-refractivity contribution >= 4 is 5.97 Å². The highest BCUT2D eigenvalue weighted by molar-refractivity contribution is 5.82. The lowest BCUT2D eigenvalue weighted by atomic mass is 10.00. The zero-order chi connectivity index (χ0) is 16.8. The average Bonchev–Trinajstić information content (AvgIpc) is 2.56. The predicted octanol–water partition coefficient (Wildman–Crippen LogP) is 4.37. The fourth-order valence-electron chi connectivity index (χ4n) is 2.40. The SMILES string of the molecule is CCOC(=O)C=C(CCCCC#N)CCCCc1cccnc1. The molecule has 124 valence electrons. The van der Waals surface area contributed by atoms with Crippen LogP contribution in [-0.2, 0) is 16.0 Å². The molecule has 0 aliphatic heterocycles. The van der Waals surface area contributed by atoms with Crippen molar-refractivity contribution < 1.29 is 9.53 Å². The molecule has 4 heteroatoms. The molecule has 1 aromatic rings. The molecule has 1 heterocycles. The Bertz CT molecular complexity index is 518. The summed E-state index contributed by atoms with van der Waals surface area (Å²) in [6.07, 6.45) is 12.6. The van der Waals surface area contributed by atoms with Crippen LogP contribution in [0.25, 0.3) is 0 Å². The predicted molar refractivity (Wildman–Crippen MR) is 90.6 cm³/mol. The van der Waals surface area contributed by atoms with Gasteiger partial charge in [-0.2, -0.15) is 5.26 Å². The molecule has 0 amide bonds. The van der Waals surface area contributed by atoms with Crippen LogP contribution in [0.5, 0.6) is 0 Å². The Hall–Kier alpha value is -2.15. The molecule has 0 spiro atoms. The second-order valence-electron chi connectivity index (χ2n) is 5.49. The Morgan fingerprint density at radius 3 is 2.74 bits per heavy atom. The normalized spacial score (nSPS) is 11.0. The smallest absolute Gasteiger partial charge is 0.330 e. The highest BCUT2D eigenvalue weighted by Crippen LogP contribution is 2.17.